The summed E-state index contributed by atoms with van der Waals surface area (Å²) in [5, 5.41) is 12.1. The van der Waals surface area contributed by atoms with Gasteiger partial charge in [-0.25, -0.2) is 9.79 Å². The van der Waals surface area contributed by atoms with Crippen LogP contribution in [0.25, 0.3) is 6.08 Å². The summed E-state index contributed by atoms with van der Waals surface area (Å²) in [5.74, 6) is -0.301. The number of hydrogen-bond acceptors (Lipinski definition) is 6. The van der Waals surface area contributed by atoms with Gasteiger partial charge in [0.2, 0.25) is 0 Å². The van der Waals surface area contributed by atoms with Crippen molar-refractivity contribution in [1.29, 1.82) is 0 Å². The molecule has 0 spiro atoms. The molecule has 4 aromatic carbocycles. The van der Waals surface area contributed by atoms with Crippen LogP contribution in [0.3, 0.4) is 0 Å². The molecular weight excluding hydrogens is 611 g/mol. The summed E-state index contributed by atoms with van der Waals surface area (Å²) >= 11 is 1.29. The monoisotopic (exact) mass is 643 g/mol. The molecule has 2 heterocycles. The van der Waals surface area contributed by atoms with Crippen molar-refractivity contribution in [2.75, 3.05) is 5.32 Å². The molecule has 0 radical (unpaired) electrons. The first-order chi connectivity index (χ1) is 22.7. The van der Waals surface area contributed by atoms with E-state index in [1.807, 2.05) is 91.9 Å². The Hall–Kier alpha value is -5.54. The first kappa shape index (κ1) is 31.4. The van der Waals surface area contributed by atoms with Gasteiger partial charge in [-0.1, -0.05) is 91.9 Å². The Labute approximate surface area is 275 Å². The number of nitrogens with zero attached hydrogens (tertiary/aromatic N) is 2. The van der Waals surface area contributed by atoms with Crippen LogP contribution in [0.2, 0.25) is 0 Å². The minimum atomic E-state index is -0.972. The number of ether oxygens (including phenoxy) is 1. The summed E-state index contributed by atoms with van der Waals surface area (Å²) in [4.78, 5) is 44.2. The van der Waals surface area contributed by atoms with Gasteiger partial charge in [-0.15, -0.1) is 0 Å². The number of carboxylic acids is 1. The van der Waals surface area contributed by atoms with Gasteiger partial charge in [0.05, 0.1) is 27.4 Å². The normalized spacial score (nSPS) is 14.5. The van der Waals surface area contributed by atoms with Crippen molar-refractivity contribution < 1.29 is 19.4 Å². The number of fused-ring (bicyclic) bond motifs is 1. The van der Waals surface area contributed by atoms with Gasteiger partial charge in [0.25, 0.3) is 11.5 Å². The molecule has 0 unspecified atom stereocenters. The molecule has 1 amide bonds. The molecule has 0 bridgehead atoms. The number of allylic oxidation sites excluding steroid dienone is 1. The van der Waals surface area contributed by atoms with E-state index in [2.05, 4.69) is 19.2 Å². The van der Waals surface area contributed by atoms with Gasteiger partial charge in [0.15, 0.2) is 4.80 Å². The molecule has 5 aromatic rings. The van der Waals surface area contributed by atoms with Gasteiger partial charge >= 0.3 is 5.97 Å². The Morgan fingerprint density at radius 1 is 0.957 bits per heavy atom. The minimum absolute atomic E-state index is 0.223. The van der Waals surface area contributed by atoms with E-state index in [9.17, 15) is 14.4 Å². The number of carbonyl (C=O) groups excluding carboxylic acids is 1. The van der Waals surface area contributed by atoms with Gasteiger partial charge in [-0.2, -0.15) is 0 Å². The summed E-state index contributed by atoms with van der Waals surface area (Å²) in [7, 11) is 0. The predicted octanol–water partition coefficient (Wildman–Crippen LogP) is 6.27. The zero-order valence-electron chi connectivity index (χ0n) is 26.1. The lowest BCUT2D eigenvalue weighted by molar-refractivity contribution is -0.113. The van der Waals surface area contributed by atoms with Crippen molar-refractivity contribution in [2.24, 2.45) is 4.99 Å². The average molecular weight is 644 g/mol. The maximum atomic E-state index is 14.1. The van der Waals surface area contributed by atoms with Crippen LogP contribution in [0.5, 0.6) is 5.75 Å². The standard InChI is InChI=1S/C38H33N3O5S/c1-23(2)27-15-17-28(18-16-27)34-33(35(42)40-30-7-5-4-6-8-30)24(3)39-38-41(34)36(43)32(47-38)21-25-11-19-31(20-12-25)46-22-26-9-13-29(14-10-26)37(44)45/h4-21,23,34H,22H2,1-3H3,(H,40,42)(H,44,45)/b32-21+/t34-/m0/s1. The van der Waals surface area contributed by atoms with Gasteiger partial charge in [-0.3, -0.25) is 14.2 Å². The van der Waals surface area contributed by atoms with Crippen molar-refractivity contribution in [1.82, 2.24) is 4.57 Å². The lowest BCUT2D eigenvalue weighted by Crippen LogP contribution is -2.40. The topological polar surface area (TPSA) is 110 Å². The van der Waals surface area contributed by atoms with E-state index in [0.717, 1.165) is 16.7 Å². The van der Waals surface area contributed by atoms with E-state index in [1.54, 1.807) is 28.8 Å². The third kappa shape index (κ3) is 6.85. The third-order valence-electron chi connectivity index (χ3n) is 8.00. The highest BCUT2D eigenvalue weighted by atomic mass is 32.1. The lowest BCUT2D eigenvalue weighted by atomic mass is 9.93. The molecule has 2 N–H and O–H groups in total. The molecule has 6 rings (SSSR count). The van der Waals surface area contributed by atoms with Crippen LogP contribution in [-0.2, 0) is 11.4 Å². The highest BCUT2D eigenvalue weighted by Gasteiger charge is 2.32. The van der Waals surface area contributed by atoms with E-state index in [4.69, 9.17) is 14.8 Å². The van der Waals surface area contributed by atoms with Gasteiger partial charge in [0, 0.05) is 5.69 Å². The quantitative estimate of drug-likeness (QED) is 0.197. The predicted molar refractivity (Wildman–Crippen MR) is 184 cm³/mol. The summed E-state index contributed by atoms with van der Waals surface area (Å²) in [6.07, 6.45) is 1.82. The number of rotatable bonds is 9. The second-order valence-corrected chi connectivity index (χ2v) is 12.6. The second kappa shape index (κ2) is 13.4. The average Bonchev–Trinajstić information content (AvgIpc) is 3.37. The van der Waals surface area contributed by atoms with E-state index >= 15 is 0 Å². The van der Waals surface area contributed by atoms with Crippen LogP contribution < -0.4 is 24.9 Å². The number of benzene rings is 4. The smallest absolute Gasteiger partial charge is 0.335 e. The molecule has 0 fully saturated rings. The first-order valence-corrected chi connectivity index (χ1v) is 16.0. The number of nitrogens with one attached hydrogen (secondary N) is 1. The third-order valence-corrected chi connectivity index (χ3v) is 8.98. The number of aromatic nitrogens is 1. The van der Waals surface area contributed by atoms with Gasteiger partial charge in [0.1, 0.15) is 12.4 Å². The van der Waals surface area contributed by atoms with Crippen molar-refractivity contribution in [2.45, 2.75) is 39.3 Å². The van der Waals surface area contributed by atoms with Crippen LogP contribution in [0.1, 0.15) is 65.3 Å². The fourth-order valence-electron chi connectivity index (χ4n) is 5.43. The van der Waals surface area contributed by atoms with Crippen molar-refractivity contribution in [3.8, 4) is 5.75 Å². The highest BCUT2D eigenvalue weighted by Crippen LogP contribution is 2.31. The zero-order chi connectivity index (χ0) is 33.1. The van der Waals surface area contributed by atoms with E-state index in [-0.39, 0.29) is 23.6 Å². The van der Waals surface area contributed by atoms with Crippen molar-refractivity contribution in [3.63, 3.8) is 0 Å². The van der Waals surface area contributed by atoms with Crippen LogP contribution in [0.15, 0.2) is 124 Å². The SMILES string of the molecule is CC1=C(C(=O)Nc2ccccc2)[C@H](c2ccc(C(C)C)cc2)n2c(s/c(=C/c3ccc(OCc4ccc(C(=O)O)cc4)cc3)c2=O)=N1. The fraction of sp³-hybridized carbons (Fsp3) is 0.158. The maximum Gasteiger partial charge on any atom is 0.335 e. The van der Waals surface area contributed by atoms with Crippen LogP contribution in [0, 0.1) is 0 Å². The summed E-state index contributed by atoms with van der Waals surface area (Å²) in [6, 6.07) is 30.6. The number of carboxylic acid groups (broad SMARTS) is 1. The Morgan fingerprint density at radius 2 is 1.64 bits per heavy atom. The number of para-hydroxylation sites is 1. The summed E-state index contributed by atoms with van der Waals surface area (Å²) in [5.41, 5.74) is 5.29. The Kier molecular flexibility index (Phi) is 8.99. The van der Waals surface area contributed by atoms with Crippen molar-refractivity contribution >= 4 is 35.0 Å². The van der Waals surface area contributed by atoms with E-state index < -0.39 is 12.0 Å². The molecule has 47 heavy (non-hydrogen) atoms. The fourth-order valence-corrected chi connectivity index (χ4v) is 6.48. The van der Waals surface area contributed by atoms with Crippen LogP contribution in [0.4, 0.5) is 5.69 Å². The number of carbonyl (C=O) groups is 2. The zero-order valence-corrected chi connectivity index (χ0v) is 27.0. The van der Waals surface area contributed by atoms with Gasteiger partial charge in [-0.05, 0) is 77.6 Å². The number of anilines is 1. The maximum absolute atomic E-state index is 14.1. The highest BCUT2D eigenvalue weighted by molar-refractivity contribution is 7.07. The van der Waals surface area contributed by atoms with Gasteiger partial charge < -0.3 is 15.2 Å². The van der Waals surface area contributed by atoms with Crippen LogP contribution in [-0.4, -0.2) is 21.6 Å². The Morgan fingerprint density at radius 3 is 2.28 bits per heavy atom. The molecular formula is C38H33N3O5S. The number of aromatic carboxylic acids is 1. The molecule has 1 aromatic heterocycles. The number of thiazole rings is 1. The largest absolute Gasteiger partial charge is 0.489 e. The van der Waals surface area contributed by atoms with E-state index in [1.165, 1.54) is 16.9 Å². The van der Waals surface area contributed by atoms with Crippen molar-refractivity contribution in [3.05, 3.63) is 162 Å². The molecule has 0 saturated carbocycles. The summed E-state index contributed by atoms with van der Waals surface area (Å²) in [6.45, 7) is 6.35. The number of amides is 1. The first-order valence-electron chi connectivity index (χ1n) is 15.2. The molecule has 9 heteroatoms. The Balaban J connectivity index is 1.31. The second-order valence-electron chi connectivity index (χ2n) is 11.6. The Bertz CT molecular complexity index is 2150. The molecule has 0 aliphatic carbocycles. The van der Waals surface area contributed by atoms with Crippen LogP contribution >= 0.6 is 11.3 Å². The minimum Gasteiger partial charge on any atom is -0.489 e. The molecule has 236 valence electrons. The summed E-state index contributed by atoms with van der Waals surface area (Å²) < 4.78 is 8.00. The molecule has 1 aliphatic heterocycles. The molecule has 1 aliphatic rings. The van der Waals surface area contributed by atoms with E-state index in [0.29, 0.717) is 38.0 Å². The molecule has 0 saturated heterocycles. The molecule has 1 atom stereocenters. The lowest BCUT2D eigenvalue weighted by Gasteiger charge is -2.25. The number of hydrogen-bond donors (Lipinski definition) is 2. The molecule has 8 nitrogen and oxygen atoms in total.